The average molecular weight is 492 g/mol. The molecule has 2 heterocycles. The maximum Gasteiger partial charge on any atom is 0.414 e. The molecule has 186 valence electrons. The van der Waals surface area contributed by atoms with Crippen molar-refractivity contribution in [1.82, 2.24) is 15.6 Å². The van der Waals surface area contributed by atoms with Crippen LogP contribution in [-0.4, -0.2) is 42.1 Å². The summed E-state index contributed by atoms with van der Waals surface area (Å²) < 4.78 is 20.3. The average Bonchev–Trinajstić information content (AvgIpc) is 3.24. The van der Waals surface area contributed by atoms with Crippen LogP contribution in [0, 0.1) is 5.82 Å². The molecule has 0 aliphatic carbocycles. The van der Waals surface area contributed by atoms with E-state index in [1.165, 1.54) is 17.9 Å². The molecule has 0 spiro atoms. The molecule has 0 radical (unpaired) electrons. The minimum Gasteiger partial charge on any atom is -0.442 e. The van der Waals surface area contributed by atoms with Crippen molar-refractivity contribution in [2.45, 2.75) is 25.6 Å². The van der Waals surface area contributed by atoms with Crippen molar-refractivity contribution >= 4 is 23.6 Å². The van der Waals surface area contributed by atoms with Gasteiger partial charge in [0.15, 0.2) is 0 Å². The van der Waals surface area contributed by atoms with E-state index in [-0.39, 0.29) is 19.0 Å². The molecule has 0 saturated carbocycles. The Bertz CT molecular complexity index is 1250. The Balaban J connectivity index is 1.46. The van der Waals surface area contributed by atoms with Crippen molar-refractivity contribution in [3.63, 3.8) is 0 Å². The van der Waals surface area contributed by atoms with Gasteiger partial charge in [-0.1, -0.05) is 30.3 Å². The fourth-order valence-electron chi connectivity index (χ4n) is 3.95. The predicted octanol–water partition coefficient (Wildman–Crippen LogP) is 2.67. The molecular weight excluding hydrogens is 465 g/mol. The number of nitrogens with two attached hydrogens (primary N) is 1. The monoisotopic (exact) mass is 491 g/mol. The summed E-state index contributed by atoms with van der Waals surface area (Å²) in [6.45, 7) is 2.12. The lowest BCUT2D eigenvalue weighted by Gasteiger charge is -2.17. The summed E-state index contributed by atoms with van der Waals surface area (Å²) in [6.07, 6.45) is 0.556. The molecule has 3 amide bonds. The molecule has 2 aromatic carbocycles. The normalized spacial score (nSPS) is 15.9. The summed E-state index contributed by atoms with van der Waals surface area (Å²) in [5.74, 6) is -1.28. The highest BCUT2D eigenvalue weighted by molar-refractivity contribution is 5.90. The predicted molar refractivity (Wildman–Crippen MR) is 131 cm³/mol. The van der Waals surface area contributed by atoms with Crippen molar-refractivity contribution in [2.24, 2.45) is 5.73 Å². The van der Waals surface area contributed by atoms with Crippen LogP contribution in [0.1, 0.15) is 24.2 Å². The Kier molecular flexibility index (Phi) is 7.55. The molecule has 4 rings (SSSR count). The number of benzene rings is 2. The summed E-state index contributed by atoms with van der Waals surface area (Å²) in [5, 5.41) is 5.70. The molecule has 1 saturated heterocycles. The largest absolute Gasteiger partial charge is 0.442 e. The van der Waals surface area contributed by atoms with Gasteiger partial charge in [-0.15, -0.1) is 0 Å². The van der Waals surface area contributed by atoms with Gasteiger partial charge in [0.05, 0.1) is 24.5 Å². The zero-order chi connectivity index (χ0) is 25.7. The van der Waals surface area contributed by atoms with Crippen LogP contribution < -0.4 is 21.3 Å². The molecule has 3 aromatic rings. The smallest absolute Gasteiger partial charge is 0.414 e. The zero-order valence-electron chi connectivity index (χ0n) is 19.6. The van der Waals surface area contributed by atoms with Gasteiger partial charge in [0.2, 0.25) is 11.8 Å². The Morgan fingerprint density at radius 2 is 1.97 bits per heavy atom. The second-order valence-electron chi connectivity index (χ2n) is 8.38. The highest BCUT2D eigenvalue weighted by Gasteiger charge is 2.32. The lowest BCUT2D eigenvalue weighted by atomic mass is 9.99. The summed E-state index contributed by atoms with van der Waals surface area (Å²) in [7, 11) is 0. The minimum atomic E-state index is -0.736. The van der Waals surface area contributed by atoms with E-state index < -0.39 is 30.0 Å². The Morgan fingerprint density at radius 1 is 1.19 bits per heavy atom. The molecule has 1 fully saturated rings. The first kappa shape index (κ1) is 24.8. The maximum atomic E-state index is 15.0. The van der Waals surface area contributed by atoms with Crippen molar-refractivity contribution < 1.29 is 23.5 Å². The number of aromatic nitrogens is 1. The molecule has 10 heteroatoms. The number of nitrogens with one attached hydrogen (secondary N) is 2. The van der Waals surface area contributed by atoms with Crippen LogP contribution >= 0.6 is 0 Å². The minimum absolute atomic E-state index is 0.188. The van der Waals surface area contributed by atoms with Gasteiger partial charge in [0, 0.05) is 25.2 Å². The summed E-state index contributed by atoms with van der Waals surface area (Å²) in [6, 6.07) is 16.1. The quantitative estimate of drug-likeness (QED) is 0.422. The number of anilines is 1. The van der Waals surface area contributed by atoms with Crippen molar-refractivity contribution in [3.8, 4) is 11.1 Å². The van der Waals surface area contributed by atoms with E-state index in [0.717, 1.165) is 5.69 Å². The fraction of sp³-hybridized carbons (Fsp3) is 0.231. The van der Waals surface area contributed by atoms with Gasteiger partial charge in [-0.2, -0.15) is 0 Å². The standard InChI is InChI=1S/C26H26FN5O4/c1-16(33)30-14-21-15-32(26(35)36-21)20-9-10-22(23(27)12-20)17-5-7-18(8-6-17)24(25(28)34)31-13-19-4-2-3-11-29-19/h2-12,21,24,31H,13-15H2,1H3,(H2,28,34)(H,30,33)/t21-,24+/m0/s1. The Labute approximate surface area is 207 Å². The maximum absolute atomic E-state index is 15.0. The number of carbonyl (C=O) groups excluding carboxylic acids is 3. The zero-order valence-corrected chi connectivity index (χ0v) is 19.6. The van der Waals surface area contributed by atoms with Crippen molar-refractivity contribution in [1.29, 1.82) is 0 Å². The molecule has 1 aromatic heterocycles. The number of cyclic esters (lactones) is 1. The number of ether oxygens (including phenoxy) is 1. The third-order valence-corrected chi connectivity index (χ3v) is 5.77. The molecule has 1 aliphatic rings. The number of pyridine rings is 1. The molecule has 4 N–H and O–H groups in total. The third-order valence-electron chi connectivity index (χ3n) is 5.77. The van der Waals surface area contributed by atoms with Gasteiger partial charge in [-0.05, 0) is 41.5 Å². The molecule has 0 bridgehead atoms. The number of carbonyl (C=O) groups is 3. The number of nitrogens with zero attached hydrogens (tertiary/aromatic N) is 2. The summed E-state index contributed by atoms with van der Waals surface area (Å²) >= 11 is 0. The third kappa shape index (κ3) is 5.84. The van der Waals surface area contributed by atoms with Crippen LogP contribution in [-0.2, 0) is 20.9 Å². The van der Waals surface area contributed by atoms with Gasteiger partial charge in [-0.3, -0.25) is 24.8 Å². The molecule has 9 nitrogen and oxygen atoms in total. The lowest BCUT2D eigenvalue weighted by Crippen LogP contribution is -2.33. The number of hydrogen-bond donors (Lipinski definition) is 3. The molecule has 36 heavy (non-hydrogen) atoms. The van der Waals surface area contributed by atoms with E-state index in [9.17, 15) is 14.4 Å². The summed E-state index contributed by atoms with van der Waals surface area (Å²) in [4.78, 5) is 40.9. The van der Waals surface area contributed by atoms with Crippen LogP contribution in [0.15, 0.2) is 66.9 Å². The van der Waals surface area contributed by atoms with E-state index in [4.69, 9.17) is 10.5 Å². The SMILES string of the molecule is CC(=O)NC[C@H]1CN(c2ccc(-c3ccc([C@@H](NCc4ccccn4)C(N)=O)cc3)c(F)c2)C(=O)O1. The number of halogens is 1. The van der Waals surface area contributed by atoms with Crippen LogP contribution in [0.5, 0.6) is 0 Å². The van der Waals surface area contributed by atoms with E-state index in [1.54, 1.807) is 48.7 Å². The molecule has 2 atom stereocenters. The first-order chi connectivity index (χ1) is 17.3. The number of amides is 3. The summed E-state index contributed by atoms with van der Waals surface area (Å²) in [5.41, 5.74) is 8.30. The van der Waals surface area contributed by atoms with Crippen LogP contribution in [0.3, 0.4) is 0 Å². The van der Waals surface area contributed by atoms with E-state index in [2.05, 4.69) is 15.6 Å². The first-order valence-corrected chi connectivity index (χ1v) is 11.4. The van der Waals surface area contributed by atoms with E-state index in [0.29, 0.717) is 28.9 Å². The Hall–Kier alpha value is -4.31. The van der Waals surface area contributed by atoms with E-state index >= 15 is 4.39 Å². The number of rotatable bonds is 9. The van der Waals surface area contributed by atoms with Crippen LogP contribution in [0.4, 0.5) is 14.9 Å². The van der Waals surface area contributed by atoms with Crippen LogP contribution in [0.2, 0.25) is 0 Å². The molecule has 0 unspecified atom stereocenters. The van der Waals surface area contributed by atoms with Gasteiger partial charge < -0.3 is 15.8 Å². The van der Waals surface area contributed by atoms with Crippen molar-refractivity contribution in [3.05, 3.63) is 83.9 Å². The van der Waals surface area contributed by atoms with E-state index in [1.807, 2.05) is 12.1 Å². The first-order valence-electron chi connectivity index (χ1n) is 11.4. The van der Waals surface area contributed by atoms with Gasteiger partial charge >= 0.3 is 6.09 Å². The second kappa shape index (κ2) is 11.0. The van der Waals surface area contributed by atoms with Crippen molar-refractivity contribution in [2.75, 3.05) is 18.0 Å². The van der Waals surface area contributed by atoms with Gasteiger partial charge in [-0.25, -0.2) is 9.18 Å². The topological polar surface area (TPSA) is 127 Å². The lowest BCUT2D eigenvalue weighted by molar-refractivity contribution is -0.120. The molecule has 1 aliphatic heterocycles. The number of primary amides is 1. The fourth-order valence-corrected chi connectivity index (χ4v) is 3.95. The van der Waals surface area contributed by atoms with Gasteiger partial charge in [0.1, 0.15) is 18.0 Å². The second-order valence-corrected chi connectivity index (χ2v) is 8.38. The number of hydrogen-bond acceptors (Lipinski definition) is 6. The highest BCUT2D eigenvalue weighted by Crippen LogP contribution is 2.30. The van der Waals surface area contributed by atoms with Gasteiger partial charge in [0.25, 0.3) is 0 Å². The highest BCUT2D eigenvalue weighted by atomic mass is 19.1. The van der Waals surface area contributed by atoms with Crippen LogP contribution in [0.25, 0.3) is 11.1 Å². The molecular formula is C26H26FN5O4. The Morgan fingerprint density at radius 3 is 2.61 bits per heavy atom.